The van der Waals surface area contributed by atoms with Crippen LogP contribution in [0, 0.1) is 0 Å². The van der Waals surface area contributed by atoms with E-state index >= 15 is 0 Å². The Bertz CT molecular complexity index is 427. The molecule has 4 nitrogen and oxygen atoms in total. The van der Waals surface area contributed by atoms with Crippen molar-refractivity contribution < 1.29 is 0 Å². The third-order valence-electron chi connectivity index (χ3n) is 2.77. The molecule has 0 amide bonds. The van der Waals surface area contributed by atoms with E-state index in [4.69, 9.17) is 0 Å². The second kappa shape index (κ2) is 5.42. The first-order chi connectivity index (χ1) is 7.68. The van der Waals surface area contributed by atoms with Crippen molar-refractivity contribution in [1.29, 1.82) is 0 Å². The highest BCUT2D eigenvalue weighted by atomic mass is 79.9. The van der Waals surface area contributed by atoms with Crippen molar-refractivity contribution in [3.05, 3.63) is 25.5 Å². The molecule has 6 heteroatoms. The normalized spacial score (nSPS) is 16.9. The van der Waals surface area contributed by atoms with Gasteiger partial charge in [-0.25, -0.2) is 4.68 Å². The smallest absolute Gasteiger partial charge is 0.282 e. The Morgan fingerprint density at radius 1 is 1.25 bits per heavy atom. The molecule has 0 spiro atoms. The molecule has 0 aliphatic carbocycles. The van der Waals surface area contributed by atoms with Gasteiger partial charge in [0, 0.05) is 6.54 Å². The van der Waals surface area contributed by atoms with Gasteiger partial charge in [-0.3, -0.25) is 4.79 Å². The maximum atomic E-state index is 11.8. The molecule has 2 heterocycles. The Morgan fingerprint density at radius 3 is 2.62 bits per heavy atom. The average molecular weight is 351 g/mol. The summed E-state index contributed by atoms with van der Waals surface area (Å²) in [6.07, 6.45) is 4.19. The molecule has 0 atom stereocenters. The first-order valence-corrected chi connectivity index (χ1v) is 6.90. The highest BCUT2D eigenvalue weighted by molar-refractivity contribution is 9.13. The molecule has 0 saturated carbocycles. The van der Waals surface area contributed by atoms with Crippen molar-refractivity contribution in [3.63, 3.8) is 0 Å². The second-order valence-corrected chi connectivity index (χ2v) is 5.53. The molecule has 1 aromatic heterocycles. The number of halogens is 2. The van der Waals surface area contributed by atoms with Crippen molar-refractivity contribution in [2.75, 3.05) is 19.6 Å². The Hall–Kier alpha value is -0.200. The molecule has 0 N–H and O–H groups in total. The van der Waals surface area contributed by atoms with Gasteiger partial charge in [0.15, 0.2) is 0 Å². The van der Waals surface area contributed by atoms with E-state index in [2.05, 4.69) is 41.9 Å². The summed E-state index contributed by atoms with van der Waals surface area (Å²) in [5, 5.41) is 4.10. The van der Waals surface area contributed by atoms with Gasteiger partial charge in [0.25, 0.3) is 5.56 Å². The molecule has 88 valence electrons. The van der Waals surface area contributed by atoms with Crippen molar-refractivity contribution >= 4 is 31.9 Å². The quantitative estimate of drug-likeness (QED) is 0.835. The minimum absolute atomic E-state index is 0.0754. The number of nitrogens with zero attached hydrogens (tertiary/aromatic N) is 3. The minimum Gasteiger partial charge on any atom is -0.301 e. The number of hydrogen-bond acceptors (Lipinski definition) is 3. The van der Waals surface area contributed by atoms with Gasteiger partial charge >= 0.3 is 0 Å². The summed E-state index contributed by atoms with van der Waals surface area (Å²) in [6, 6.07) is 0. The predicted octanol–water partition coefficient (Wildman–Crippen LogP) is 1.86. The second-order valence-electron chi connectivity index (χ2n) is 3.88. The molecule has 1 saturated heterocycles. The van der Waals surface area contributed by atoms with Crippen LogP contribution >= 0.6 is 31.9 Å². The van der Waals surface area contributed by atoms with Crippen LogP contribution in [0.15, 0.2) is 19.9 Å². The topological polar surface area (TPSA) is 38.1 Å². The van der Waals surface area contributed by atoms with Gasteiger partial charge in [-0.05, 0) is 57.8 Å². The van der Waals surface area contributed by atoms with E-state index in [-0.39, 0.29) is 5.56 Å². The molecular weight excluding hydrogens is 338 g/mol. The van der Waals surface area contributed by atoms with E-state index in [1.54, 1.807) is 6.20 Å². The van der Waals surface area contributed by atoms with E-state index in [1.807, 2.05) is 0 Å². The number of hydrogen-bond donors (Lipinski definition) is 0. The van der Waals surface area contributed by atoms with E-state index in [9.17, 15) is 4.79 Å². The SMILES string of the molecule is O=c1c(Br)c(Br)cnn1CCN1CCCC1. The summed E-state index contributed by atoms with van der Waals surface area (Å²) in [4.78, 5) is 14.2. The molecule has 0 aromatic carbocycles. The molecule has 1 aromatic rings. The van der Waals surface area contributed by atoms with Crippen LogP contribution < -0.4 is 5.56 Å². The third-order valence-corrected chi connectivity index (χ3v) is 4.67. The summed E-state index contributed by atoms with van der Waals surface area (Å²) >= 11 is 6.51. The van der Waals surface area contributed by atoms with Crippen molar-refractivity contribution in [2.24, 2.45) is 0 Å². The van der Waals surface area contributed by atoms with E-state index in [0.29, 0.717) is 15.5 Å². The van der Waals surface area contributed by atoms with Crippen LogP contribution in [0.3, 0.4) is 0 Å². The highest BCUT2D eigenvalue weighted by Gasteiger charge is 2.12. The fourth-order valence-corrected chi connectivity index (χ4v) is 2.41. The van der Waals surface area contributed by atoms with Gasteiger partial charge < -0.3 is 4.90 Å². The molecule has 0 radical (unpaired) electrons. The largest absolute Gasteiger partial charge is 0.301 e. The average Bonchev–Trinajstić information content (AvgIpc) is 2.78. The standard InChI is InChI=1S/C10H13Br2N3O/c11-8-7-13-15(10(16)9(8)12)6-5-14-3-1-2-4-14/h7H,1-6H2. The van der Waals surface area contributed by atoms with Crippen LogP contribution in [0.2, 0.25) is 0 Å². The maximum Gasteiger partial charge on any atom is 0.282 e. The van der Waals surface area contributed by atoms with Gasteiger partial charge in [0.05, 0.1) is 17.2 Å². The molecule has 1 aliphatic rings. The molecular formula is C10H13Br2N3O. The van der Waals surface area contributed by atoms with E-state index in [0.717, 1.165) is 19.6 Å². The highest BCUT2D eigenvalue weighted by Crippen LogP contribution is 2.16. The van der Waals surface area contributed by atoms with Crippen LogP contribution in [0.5, 0.6) is 0 Å². The van der Waals surface area contributed by atoms with Crippen LogP contribution in [-0.4, -0.2) is 34.3 Å². The van der Waals surface area contributed by atoms with Crippen molar-refractivity contribution in [1.82, 2.24) is 14.7 Å². The molecule has 0 bridgehead atoms. The van der Waals surface area contributed by atoms with Crippen LogP contribution in [0.1, 0.15) is 12.8 Å². The summed E-state index contributed by atoms with van der Waals surface area (Å²) in [7, 11) is 0. The lowest BCUT2D eigenvalue weighted by Crippen LogP contribution is -2.31. The fourth-order valence-electron chi connectivity index (χ4n) is 1.85. The summed E-state index contributed by atoms with van der Waals surface area (Å²) in [5.74, 6) is 0. The van der Waals surface area contributed by atoms with Crippen LogP contribution in [-0.2, 0) is 6.54 Å². The lowest BCUT2D eigenvalue weighted by Gasteiger charge is -2.14. The van der Waals surface area contributed by atoms with Crippen LogP contribution in [0.25, 0.3) is 0 Å². The summed E-state index contributed by atoms with van der Waals surface area (Å²) in [5.41, 5.74) is -0.0754. The lowest BCUT2D eigenvalue weighted by atomic mass is 10.4. The summed E-state index contributed by atoms with van der Waals surface area (Å²) in [6.45, 7) is 3.85. The maximum absolute atomic E-state index is 11.8. The Kier molecular flexibility index (Phi) is 4.16. The van der Waals surface area contributed by atoms with Crippen LogP contribution in [0.4, 0.5) is 0 Å². The van der Waals surface area contributed by atoms with Gasteiger partial charge in [-0.1, -0.05) is 0 Å². The van der Waals surface area contributed by atoms with Gasteiger partial charge in [-0.2, -0.15) is 5.10 Å². The zero-order valence-electron chi connectivity index (χ0n) is 8.83. The van der Waals surface area contributed by atoms with Gasteiger partial charge in [-0.15, -0.1) is 0 Å². The lowest BCUT2D eigenvalue weighted by molar-refractivity contribution is 0.312. The molecule has 0 unspecified atom stereocenters. The number of rotatable bonds is 3. The zero-order valence-corrected chi connectivity index (χ0v) is 12.0. The monoisotopic (exact) mass is 349 g/mol. The Labute approximate surface area is 111 Å². The van der Waals surface area contributed by atoms with Crippen molar-refractivity contribution in [3.8, 4) is 0 Å². The predicted molar refractivity (Wildman–Crippen MR) is 69.6 cm³/mol. The zero-order chi connectivity index (χ0) is 11.5. The fraction of sp³-hybridized carbons (Fsp3) is 0.600. The molecule has 1 aliphatic heterocycles. The molecule has 1 fully saturated rings. The van der Waals surface area contributed by atoms with Gasteiger partial charge in [0.2, 0.25) is 0 Å². The first kappa shape index (κ1) is 12.3. The first-order valence-electron chi connectivity index (χ1n) is 5.32. The Morgan fingerprint density at radius 2 is 1.94 bits per heavy atom. The number of likely N-dealkylation sites (tertiary alicyclic amines) is 1. The number of aromatic nitrogens is 2. The van der Waals surface area contributed by atoms with Crippen molar-refractivity contribution in [2.45, 2.75) is 19.4 Å². The summed E-state index contributed by atoms with van der Waals surface area (Å²) < 4.78 is 2.76. The van der Waals surface area contributed by atoms with E-state index in [1.165, 1.54) is 17.5 Å². The molecule has 16 heavy (non-hydrogen) atoms. The third kappa shape index (κ3) is 2.73. The minimum atomic E-state index is -0.0754. The molecule has 2 rings (SSSR count). The van der Waals surface area contributed by atoms with E-state index < -0.39 is 0 Å². The van der Waals surface area contributed by atoms with Gasteiger partial charge in [0.1, 0.15) is 4.47 Å². The Balaban J connectivity index is 2.04.